The number of nitrogens with one attached hydrogen (secondary N) is 1. The fourth-order valence-corrected chi connectivity index (χ4v) is 4.77. The average molecular weight is 446 g/mol. The van der Waals surface area contributed by atoms with Crippen LogP contribution in [0.15, 0.2) is 53.4 Å². The second-order valence-corrected chi connectivity index (χ2v) is 8.94. The van der Waals surface area contributed by atoms with E-state index < -0.39 is 26.6 Å². The van der Waals surface area contributed by atoms with E-state index in [2.05, 4.69) is 20.5 Å². The van der Waals surface area contributed by atoms with Gasteiger partial charge in [0, 0.05) is 31.9 Å². The smallest absolute Gasteiger partial charge is 0.246 e. The van der Waals surface area contributed by atoms with Crippen LogP contribution < -0.4 is 10.2 Å². The van der Waals surface area contributed by atoms with Crippen LogP contribution in [0.3, 0.4) is 0 Å². The maximum Gasteiger partial charge on any atom is 0.246 e. The molecule has 0 radical (unpaired) electrons. The SMILES string of the molecule is Cc1cccc(Nc2ccc(N3CCN(S(=O)(=O)c4cc(F)ccc4F)CC3)nn2)n1. The first-order chi connectivity index (χ1) is 14.8. The Labute approximate surface area is 178 Å². The molecule has 3 aromatic rings. The van der Waals surface area contributed by atoms with E-state index in [0.717, 1.165) is 22.1 Å². The van der Waals surface area contributed by atoms with Crippen LogP contribution in [0.1, 0.15) is 5.69 Å². The van der Waals surface area contributed by atoms with Crippen LogP contribution in [-0.2, 0) is 10.0 Å². The largest absolute Gasteiger partial charge is 0.352 e. The Bertz CT molecular complexity index is 1180. The fourth-order valence-electron chi connectivity index (χ4n) is 3.28. The molecule has 11 heteroatoms. The summed E-state index contributed by atoms with van der Waals surface area (Å²) >= 11 is 0. The van der Waals surface area contributed by atoms with E-state index >= 15 is 0 Å². The number of aryl methyl sites for hydroxylation is 1. The Hall–Kier alpha value is -3.18. The van der Waals surface area contributed by atoms with E-state index in [-0.39, 0.29) is 13.1 Å². The molecule has 0 aliphatic carbocycles. The highest BCUT2D eigenvalue weighted by molar-refractivity contribution is 7.89. The van der Waals surface area contributed by atoms with Crippen molar-refractivity contribution in [1.82, 2.24) is 19.5 Å². The van der Waals surface area contributed by atoms with E-state index in [1.54, 1.807) is 12.1 Å². The standard InChI is InChI=1S/C20H20F2N6O2S/c1-14-3-2-4-18(23-14)24-19-7-8-20(26-25-19)27-9-11-28(12-10-27)31(29,30)17-13-15(21)5-6-16(17)22/h2-8,13H,9-12H2,1H3,(H,23,24,25). The summed E-state index contributed by atoms with van der Waals surface area (Å²) in [4.78, 5) is 5.58. The minimum Gasteiger partial charge on any atom is -0.352 e. The van der Waals surface area contributed by atoms with Gasteiger partial charge in [-0.25, -0.2) is 22.2 Å². The number of nitrogens with zero attached hydrogens (tertiary/aromatic N) is 5. The van der Waals surface area contributed by atoms with Gasteiger partial charge in [-0.3, -0.25) is 0 Å². The Kier molecular flexibility index (Phi) is 5.79. The Morgan fingerprint density at radius 1 is 0.935 bits per heavy atom. The molecule has 0 spiro atoms. The lowest BCUT2D eigenvalue weighted by atomic mass is 10.3. The van der Waals surface area contributed by atoms with Crippen LogP contribution in [-0.4, -0.2) is 54.1 Å². The lowest BCUT2D eigenvalue weighted by Gasteiger charge is -2.34. The van der Waals surface area contributed by atoms with Gasteiger partial charge in [-0.15, -0.1) is 10.2 Å². The number of hydrogen-bond acceptors (Lipinski definition) is 7. The van der Waals surface area contributed by atoms with Gasteiger partial charge in [0.15, 0.2) is 11.6 Å². The van der Waals surface area contributed by atoms with Crippen molar-refractivity contribution in [2.75, 3.05) is 36.4 Å². The molecule has 8 nitrogen and oxygen atoms in total. The minimum absolute atomic E-state index is 0.118. The first-order valence-electron chi connectivity index (χ1n) is 9.57. The number of rotatable bonds is 5. The van der Waals surface area contributed by atoms with Gasteiger partial charge in [-0.2, -0.15) is 4.31 Å². The molecule has 0 unspecified atom stereocenters. The lowest BCUT2D eigenvalue weighted by Crippen LogP contribution is -2.49. The van der Waals surface area contributed by atoms with Crippen molar-refractivity contribution in [1.29, 1.82) is 0 Å². The molecule has 31 heavy (non-hydrogen) atoms. The summed E-state index contributed by atoms with van der Waals surface area (Å²) in [5, 5.41) is 11.4. The van der Waals surface area contributed by atoms with Gasteiger partial charge in [-0.05, 0) is 49.4 Å². The van der Waals surface area contributed by atoms with Gasteiger partial charge in [0.2, 0.25) is 10.0 Å². The number of anilines is 3. The fraction of sp³-hybridized carbons (Fsp3) is 0.250. The van der Waals surface area contributed by atoms with E-state index in [4.69, 9.17) is 0 Å². The predicted octanol–water partition coefficient (Wildman–Crippen LogP) is 2.71. The molecule has 1 saturated heterocycles. The van der Waals surface area contributed by atoms with Crippen LogP contribution in [0.4, 0.5) is 26.2 Å². The molecule has 3 heterocycles. The molecule has 1 aromatic carbocycles. The molecule has 0 atom stereocenters. The monoisotopic (exact) mass is 446 g/mol. The minimum atomic E-state index is -4.13. The van der Waals surface area contributed by atoms with Gasteiger partial charge < -0.3 is 10.2 Å². The molecule has 1 aliphatic heterocycles. The van der Waals surface area contributed by atoms with Crippen LogP contribution in [0.2, 0.25) is 0 Å². The van der Waals surface area contributed by atoms with Crippen molar-refractivity contribution in [3.63, 3.8) is 0 Å². The third-order valence-corrected chi connectivity index (χ3v) is 6.78. The predicted molar refractivity (Wildman–Crippen MR) is 112 cm³/mol. The molecule has 162 valence electrons. The van der Waals surface area contributed by atoms with Gasteiger partial charge in [0.25, 0.3) is 0 Å². The van der Waals surface area contributed by atoms with Crippen molar-refractivity contribution in [3.05, 3.63) is 65.9 Å². The van der Waals surface area contributed by atoms with Gasteiger partial charge >= 0.3 is 0 Å². The highest BCUT2D eigenvalue weighted by Gasteiger charge is 2.31. The van der Waals surface area contributed by atoms with Gasteiger partial charge in [-0.1, -0.05) is 6.07 Å². The lowest BCUT2D eigenvalue weighted by molar-refractivity contribution is 0.380. The summed E-state index contributed by atoms with van der Waals surface area (Å²) in [7, 11) is -4.13. The molecular weight excluding hydrogens is 426 g/mol. The second kappa shape index (κ2) is 8.52. The van der Waals surface area contributed by atoms with E-state index in [0.29, 0.717) is 36.6 Å². The quantitative estimate of drug-likeness (QED) is 0.644. The molecule has 2 aromatic heterocycles. The molecule has 0 bridgehead atoms. The average Bonchev–Trinajstić information content (AvgIpc) is 2.76. The van der Waals surface area contributed by atoms with Crippen molar-refractivity contribution in [3.8, 4) is 0 Å². The molecule has 0 saturated carbocycles. The number of hydrogen-bond donors (Lipinski definition) is 1. The molecule has 4 rings (SSSR count). The van der Waals surface area contributed by atoms with Gasteiger partial charge in [0.1, 0.15) is 22.3 Å². The Morgan fingerprint density at radius 2 is 1.71 bits per heavy atom. The highest BCUT2D eigenvalue weighted by Crippen LogP contribution is 2.23. The third kappa shape index (κ3) is 4.62. The van der Waals surface area contributed by atoms with Crippen LogP contribution >= 0.6 is 0 Å². The zero-order chi connectivity index (χ0) is 22.0. The number of sulfonamides is 1. The van der Waals surface area contributed by atoms with E-state index in [1.165, 1.54) is 0 Å². The van der Waals surface area contributed by atoms with Crippen LogP contribution in [0.25, 0.3) is 0 Å². The van der Waals surface area contributed by atoms with Crippen LogP contribution in [0.5, 0.6) is 0 Å². The van der Waals surface area contributed by atoms with Crippen molar-refractivity contribution in [2.24, 2.45) is 0 Å². The topological polar surface area (TPSA) is 91.3 Å². The Morgan fingerprint density at radius 3 is 2.39 bits per heavy atom. The first kappa shape index (κ1) is 21.1. The summed E-state index contributed by atoms with van der Waals surface area (Å²) in [6, 6.07) is 11.5. The van der Waals surface area contributed by atoms with Crippen LogP contribution in [0, 0.1) is 18.6 Å². The number of pyridine rings is 1. The number of piperazine rings is 1. The van der Waals surface area contributed by atoms with Crippen molar-refractivity contribution < 1.29 is 17.2 Å². The zero-order valence-corrected chi connectivity index (χ0v) is 17.5. The zero-order valence-electron chi connectivity index (χ0n) is 16.7. The molecule has 1 aliphatic rings. The summed E-state index contributed by atoms with van der Waals surface area (Å²) in [5.74, 6) is 0.0103. The molecule has 1 fully saturated rings. The number of halogens is 2. The molecule has 1 N–H and O–H groups in total. The summed E-state index contributed by atoms with van der Waals surface area (Å²) in [5.41, 5.74) is 0.875. The summed E-state index contributed by atoms with van der Waals surface area (Å²) in [6.45, 7) is 2.82. The maximum atomic E-state index is 14.0. The van der Waals surface area contributed by atoms with E-state index in [1.807, 2.05) is 30.0 Å². The molecular formula is C20H20F2N6O2S. The van der Waals surface area contributed by atoms with Crippen molar-refractivity contribution in [2.45, 2.75) is 11.8 Å². The van der Waals surface area contributed by atoms with Gasteiger partial charge in [0.05, 0.1) is 0 Å². The first-order valence-corrected chi connectivity index (χ1v) is 11.0. The third-order valence-electron chi connectivity index (χ3n) is 4.87. The Balaban J connectivity index is 1.41. The highest BCUT2D eigenvalue weighted by atomic mass is 32.2. The van der Waals surface area contributed by atoms with E-state index in [9.17, 15) is 17.2 Å². The molecule has 0 amide bonds. The summed E-state index contributed by atoms with van der Waals surface area (Å²) in [6.07, 6.45) is 0. The number of benzene rings is 1. The maximum absolute atomic E-state index is 14.0. The number of aromatic nitrogens is 3. The summed E-state index contributed by atoms with van der Waals surface area (Å²) < 4.78 is 54.0. The normalized spacial score (nSPS) is 15.1. The second-order valence-electron chi connectivity index (χ2n) is 7.03. The van der Waals surface area contributed by atoms with Crippen molar-refractivity contribution >= 4 is 27.5 Å².